The quantitative estimate of drug-likeness (QED) is 0.192. The van der Waals surface area contributed by atoms with Crippen molar-refractivity contribution in [1.82, 2.24) is 0 Å². The fourth-order valence-corrected chi connectivity index (χ4v) is 10.6. The third kappa shape index (κ3) is 3.22. The number of cyclic esters (lactones) is 2. The minimum atomic E-state index is -1.50. The molecule has 8 rings (SSSR count). The summed E-state index contributed by atoms with van der Waals surface area (Å²) in [5.74, 6) is -6.28. The number of benzene rings is 1. The Labute approximate surface area is 262 Å². The van der Waals surface area contributed by atoms with Gasteiger partial charge in [0.25, 0.3) is 0 Å². The Kier molecular flexibility index (Phi) is 5.62. The number of furan rings is 1. The number of aromatic hydroxyl groups is 3. The number of ether oxygens (including phenoxy) is 5. The number of esters is 3. The van der Waals surface area contributed by atoms with Gasteiger partial charge in [-0.3, -0.25) is 9.59 Å². The maximum atomic E-state index is 15.1. The van der Waals surface area contributed by atoms with Crippen molar-refractivity contribution in [3.8, 4) is 17.2 Å². The molecule has 13 heteroatoms. The molecule has 1 aromatic heterocycles. The molecule has 244 valence electrons. The summed E-state index contributed by atoms with van der Waals surface area (Å²) in [5.41, 5.74) is -5.45. The minimum Gasteiger partial charge on any atom is -0.504 e. The smallest absolute Gasteiger partial charge is 0.339 e. The van der Waals surface area contributed by atoms with E-state index >= 15 is 4.79 Å². The highest BCUT2D eigenvalue weighted by Gasteiger charge is 2.91. The summed E-state index contributed by atoms with van der Waals surface area (Å²) in [7, 11) is 0. The lowest BCUT2D eigenvalue weighted by Gasteiger charge is -2.66. The van der Waals surface area contributed by atoms with Crippen LogP contribution in [0.15, 0.2) is 35.1 Å². The topological polar surface area (TPSA) is 192 Å². The number of fused-ring (bicyclic) bond motifs is 1. The zero-order chi connectivity index (χ0) is 32.8. The Morgan fingerprint density at radius 1 is 1.00 bits per heavy atom. The van der Waals surface area contributed by atoms with Crippen LogP contribution in [0.5, 0.6) is 17.2 Å². The number of Topliss-reactive ketones (excluding diaryl/α,β-unsaturated/α-hetero) is 1. The second-order valence-electron chi connectivity index (χ2n) is 14.6. The van der Waals surface area contributed by atoms with E-state index in [1.807, 2.05) is 6.92 Å². The molecule has 2 aromatic rings. The number of rotatable bonds is 3. The standard InChI is InChI=1S/C33H34O13/c1-29(2)23-22(38)25(44-27(39)15-9-16(34)21(37)17(35)10-15)31(4)18(32(23)13-42-20(36)11-19(32)45-29)5-7-30(3)24(14-6-8-41-12-14)43-28(40)26-33(30,31)46-26/h6,8-10,12,18-19,23-26,34-35,37H,5,7,11,13H2,1-4H3. The average Bonchev–Trinajstić information content (AvgIpc) is 3.46. The molecule has 1 aromatic carbocycles. The van der Waals surface area contributed by atoms with E-state index in [1.54, 1.807) is 26.8 Å². The lowest BCUT2D eigenvalue weighted by molar-refractivity contribution is -0.251. The van der Waals surface area contributed by atoms with Gasteiger partial charge in [-0.15, -0.1) is 0 Å². The summed E-state index contributed by atoms with van der Waals surface area (Å²) >= 11 is 0. The molecule has 46 heavy (non-hydrogen) atoms. The predicted octanol–water partition coefficient (Wildman–Crippen LogP) is 3.09. The Morgan fingerprint density at radius 2 is 1.72 bits per heavy atom. The van der Waals surface area contributed by atoms with Gasteiger partial charge < -0.3 is 43.4 Å². The molecule has 13 nitrogen and oxygen atoms in total. The molecule has 0 amide bonds. The van der Waals surface area contributed by atoms with Gasteiger partial charge in [0.15, 0.2) is 35.2 Å². The fraction of sp³-hybridized carbons (Fsp3) is 0.576. The average molecular weight is 639 g/mol. The molecule has 2 saturated carbocycles. The predicted molar refractivity (Wildman–Crippen MR) is 150 cm³/mol. The monoisotopic (exact) mass is 638 g/mol. The summed E-state index contributed by atoms with van der Waals surface area (Å²) in [6.07, 6.45) is -0.200. The van der Waals surface area contributed by atoms with Gasteiger partial charge in [0, 0.05) is 21.8 Å². The van der Waals surface area contributed by atoms with Crippen molar-refractivity contribution < 1.29 is 62.6 Å². The number of ketones is 1. The fourth-order valence-electron chi connectivity index (χ4n) is 10.6. The van der Waals surface area contributed by atoms with Gasteiger partial charge >= 0.3 is 17.9 Å². The van der Waals surface area contributed by atoms with Crippen molar-refractivity contribution >= 4 is 23.7 Å². The van der Waals surface area contributed by atoms with Crippen molar-refractivity contribution in [1.29, 1.82) is 0 Å². The van der Waals surface area contributed by atoms with E-state index in [-0.39, 0.29) is 18.6 Å². The first-order chi connectivity index (χ1) is 21.6. The first-order valence-electron chi connectivity index (χ1n) is 15.4. The number of epoxide rings is 1. The van der Waals surface area contributed by atoms with Gasteiger partial charge in [0.05, 0.1) is 42.1 Å². The molecule has 4 aliphatic heterocycles. The molecule has 5 heterocycles. The molecule has 6 aliphatic rings. The van der Waals surface area contributed by atoms with Crippen molar-refractivity contribution in [2.75, 3.05) is 6.61 Å². The SMILES string of the molecule is CC1(C)OC2CC(=O)OCC23C1C(=O)C(OC(=O)c1cc(O)c(O)c(O)c1)C1(C)C3CCC2(C)C(c3ccoc3)OC(=O)C3OC321. The maximum Gasteiger partial charge on any atom is 0.339 e. The highest BCUT2D eigenvalue weighted by Crippen LogP contribution is 2.80. The highest BCUT2D eigenvalue weighted by atomic mass is 16.7. The van der Waals surface area contributed by atoms with E-state index < -0.39 is 105 Å². The van der Waals surface area contributed by atoms with Gasteiger partial charge in [0.1, 0.15) is 18.3 Å². The van der Waals surface area contributed by atoms with E-state index in [2.05, 4.69) is 0 Å². The van der Waals surface area contributed by atoms with Crippen LogP contribution in [0.4, 0.5) is 0 Å². The van der Waals surface area contributed by atoms with Gasteiger partial charge in [-0.05, 0) is 50.8 Å². The van der Waals surface area contributed by atoms with E-state index in [0.717, 1.165) is 12.1 Å². The first kappa shape index (κ1) is 29.3. The van der Waals surface area contributed by atoms with E-state index in [4.69, 9.17) is 28.1 Å². The highest BCUT2D eigenvalue weighted by molar-refractivity contribution is 5.97. The summed E-state index contributed by atoms with van der Waals surface area (Å²) in [5, 5.41) is 30.1. The Hall–Kier alpha value is -4.10. The summed E-state index contributed by atoms with van der Waals surface area (Å²) in [6, 6.07) is 3.57. The van der Waals surface area contributed by atoms with Gasteiger partial charge in [0.2, 0.25) is 0 Å². The molecule has 0 bridgehead atoms. The van der Waals surface area contributed by atoms with Crippen molar-refractivity contribution in [3.05, 3.63) is 41.9 Å². The number of carbonyl (C=O) groups is 4. The van der Waals surface area contributed by atoms with Crippen molar-refractivity contribution in [2.24, 2.45) is 28.1 Å². The van der Waals surface area contributed by atoms with Crippen molar-refractivity contribution in [2.45, 2.75) is 82.6 Å². The van der Waals surface area contributed by atoms with Crippen LogP contribution in [0.1, 0.15) is 69.0 Å². The Bertz CT molecular complexity index is 1690. The minimum absolute atomic E-state index is 0.0649. The molecule has 4 saturated heterocycles. The molecule has 10 atom stereocenters. The number of phenolic OH excluding ortho intramolecular Hbond substituents is 3. The van der Waals surface area contributed by atoms with Gasteiger partial charge in [-0.1, -0.05) is 13.8 Å². The number of hydrogen-bond acceptors (Lipinski definition) is 13. The number of carbonyl (C=O) groups excluding carboxylic acids is 4. The number of hydrogen-bond donors (Lipinski definition) is 3. The first-order valence-corrected chi connectivity index (χ1v) is 15.4. The van der Waals surface area contributed by atoms with Gasteiger partial charge in [-0.25, -0.2) is 9.59 Å². The second-order valence-corrected chi connectivity index (χ2v) is 14.6. The largest absolute Gasteiger partial charge is 0.504 e. The van der Waals surface area contributed by atoms with Crippen LogP contribution in [0.2, 0.25) is 0 Å². The Balaban J connectivity index is 1.33. The molecular formula is C33H34O13. The maximum absolute atomic E-state index is 15.1. The molecule has 2 aliphatic carbocycles. The van der Waals surface area contributed by atoms with Crippen LogP contribution in [-0.4, -0.2) is 75.1 Å². The summed E-state index contributed by atoms with van der Waals surface area (Å²) in [4.78, 5) is 55.1. The zero-order valence-electron chi connectivity index (χ0n) is 25.6. The number of phenols is 3. The molecule has 3 N–H and O–H groups in total. The van der Waals surface area contributed by atoms with Crippen LogP contribution < -0.4 is 0 Å². The lowest BCUT2D eigenvalue weighted by atomic mass is 9.36. The van der Waals surface area contributed by atoms with Gasteiger partial charge in [-0.2, -0.15) is 0 Å². The van der Waals surface area contributed by atoms with Crippen LogP contribution in [0.25, 0.3) is 0 Å². The van der Waals surface area contributed by atoms with Crippen LogP contribution in [0.3, 0.4) is 0 Å². The van der Waals surface area contributed by atoms with Crippen LogP contribution >= 0.6 is 0 Å². The van der Waals surface area contributed by atoms with E-state index in [1.165, 1.54) is 12.5 Å². The zero-order valence-corrected chi connectivity index (χ0v) is 25.6. The normalized spacial score (nSPS) is 43.2. The second kappa shape index (κ2) is 8.82. The Morgan fingerprint density at radius 3 is 2.39 bits per heavy atom. The summed E-state index contributed by atoms with van der Waals surface area (Å²) in [6.45, 7) is 7.18. The van der Waals surface area contributed by atoms with Crippen LogP contribution in [-0.2, 0) is 38.1 Å². The van der Waals surface area contributed by atoms with E-state index in [0.29, 0.717) is 18.4 Å². The lowest BCUT2D eigenvalue weighted by Crippen LogP contribution is -2.76. The van der Waals surface area contributed by atoms with Crippen LogP contribution in [0, 0.1) is 28.1 Å². The third-order valence-electron chi connectivity index (χ3n) is 12.2. The van der Waals surface area contributed by atoms with Crippen molar-refractivity contribution in [3.63, 3.8) is 0 Å². The molecule has 0 radical (unpaired) electrons. The molecular weight excluding hydrogens is 604 g/mol. The summed E-state index contributed by atoms with van der Waals surface area (Å²) < 4.78 is 36.2. The third-order valence-corrected chi connectivity index (χ3v) is 12.2. The molecule has 2 spiro atoms. The van der Waals surface area contributed by atoms with E-state index in [9.17, 15) is 29.7 Å². The molecule has 10 unspecified atom stereocenters. The molecule has 6 fully saturated rings.